The lowest BCUT2D eigenvalue weighted by Crippen LogP contribution is -2.33. The third-order valence-corrected chi connectivity index (χ3v) is 4.52. The van der Waals surface area contributed by atoms with E-state index in [1.54, 1.807) is 0 Å². The zero-order chi connectivity index (χ0) is 18.8. The van der Waals surface area contributed by atoms with Crippen molar-refractivity contribution in [2.75, 3.05) is 6.54 Å². The quantitative estimate of drug-likeness (QED) is 0.573. The lowest BCUT2D eigenvalue weighted by Gasteiger charge is -2.05. The molecule has 0 unspecified atom stereocenters. The van der Waals surface area contributed by atoms with Gasteiger partial charge in [-0.2, -0.15) is 0 Å². The first kappa shape index (κ1) is 17.2. The molecule has 1 amide bonds. The smallest absolute Gasteiger partial charge is 0.352 e. The molecule has 2 aromatic heterocycles. The molecule has 0 fully saturated rings. The van der Waals surface area contributed by atoms with Crippen LogP contribution in [0.2, 0.25) is 5.02 Å². The van der Waals surface area contributed by atoms with Crippen molar-refractivity contribution in [3.05, 3.63) is 75.9 Å². The first-order valence-corrected chi connectivity index (χ1v) is 8.84. The van der Waals surface area contributed by atoms with Gasteiger partial charge in [0, 0.05) is 17.0 Å². The summed E-state index contributed by atoms with van der Waals surface area (Å²) in [7, 11) is 0. The highest BCUT2D eigenvalue weighted by molar-refractivity contribution is 6.30. The predicted octanol–water partition coefficient (Wildman–Crippen LogP) is 2.06. The Labute approximate surface area is 159 Å². The highest BCUT2D eigenvalue weighted by Crippen LogP contribution is 2.14. The molecule has 2 heterocycles. The maximum Gasteiger partial charge on any atom is 0.352 e. The van der Waals surface area contributed by atoms with E-state index in [1.807, 2.05) is 48.5 Å². The Balaban J connectivity index is 1.47. The minimum atomic E-state index is -0.392. The van der Waals surface area contributed by atoms with Crippen LogP contribution in [0.4, 0.5) is 0 Å². The molecule has 136 valence electrons. The van der Waals surface area contributed by atoms with Crippen molar-refractivity contribution in [2.24, 2.45) is 0 Å². The van der Waals surface area contributed by atoms with Crippen molar-refractivity contribution >= 4 is 34.1 Å². The monoisotopic (exact) mass is 381 g/mol. The second kappa shape index (κ2) is 7.20. The Bertz CT molecular complexity index is 1180. The Morgan fingerprint density at radius 1 is 1.11 bits per heavy atom. The van der Waals surface area contributed by atoms with Gasteiger partial charge in [0.2, 0.25) is 5.91 Å². The average Bonchev–Trinajstić information content (AvgIpc) is 2.99. The minimum absolute atomic E-state index is 0.143. The van der Waals surface area contributed by atoms with Crippen LogP contribution in [0.5, 0.6) is 0 Å². The van der Waals surface area contributed by atoms with Crippen molar-refractivity contribution in [3.8, 4) is 0 Å². The molecule has 8 heteroatoms. The molecule has 27 heavy (non-hydrogen) atoms. The van der Waals surface area contributed by atoms with Gasteiger partial charge in [0.25, 0.3) is 0 Å². The van der Waals surface area contributed by atoms with Crippen molar-refractivity contribution in [3.63, 3.8) is 0 Å². The minimum Gasteiger partial charge on any atom is -0.354 e. The van der Waals surface area contributed by atoms with Crippen molar-refractivity contribution < 1.29 is 4.79 Å². The maximum atomic E-state index is 12.5. The number of fused-ring (bicyclic) bond motifs is 3. The van der Waals surface area contributed by atoms with E-state index >= 15 is 0 Å². The SMILES string of the molecule is O=C(Cn1nc2c3ccccc3ncn2c1=O)NCCc1ccc(Cl)cc1. The van der Waals surface area contributed by atoms with Crippen molar-refractivity contribution in [2.45, 2.75) is 13.0 Å². The number of rotatable bonds is 5. The van der Waals surface area contributed by atoms with Crippen LogP contribution in [-0.4, -0.2) is 31.6 Å². The number of nitrogens with one attached hydrogen (secondary N) is 1. The zero-order valence-electron chi connectivity index (χ0n) is 14.3. The van der Waals surface area contributed by atoms with Gasteiger partial charge in [-0.25, -0.2) is 18.9 Å². The summed E-state index contributed by atoms with van der Waals surface area (Å²) in [5, 5.41) is 8.55. The largest absolute Gasteiger partial charge is 0.354 e. The Kier molecular flexibility index (Phi) is 4.60. The number of nitrogens with zero attached hydrogens (tertiary/aromatic N) is 4. The molecule has 0 aliphatic heterocycles. The van der Waals surface area contributed by atoms with E-state index in [4.69, 9.17) is 11.6 Å². The van der Waals surface area contributed by atoms with Gasteiger partial charge in [-0.3, -0.25) is 4.79 Å². The Morgan fingerprint density at radius 3 is 2.70 bits per heavy atom. The number of benzene rings is 2. The summed E-state index contributed by atoms with van der Waals surface area (Å²) < 4.78 is 2.50. The van der Waals surface area contributed by atoms with Gasteiger partial charge in [-0.15, -0.1) is 5.10 Å². The van der Waals surface area contributed by atoms with E-state index < -0.39 is 5.69 Å². The van der Waals surface area contributed by atoms with E-state index in [0.29, 0.717) is 23.6 Å². The second-order valence-corrected chi connectivity index (χ2v) is 6.56. The molecule has 0 atom stereocenters. The molecule has 0 radical (unpaired) electrons. The molecule has 0 bridgehead atoms. The molecule has 1 N–H and O–H groups in total. The van der Waals surface area contributed by atoms with E-state index in [2.05, 4.69) is 15.4 Å². The molecular weight excluding hydrogens is 366 g/mol. The number of hydrogen-bond acceptors (Lipinski definition) is 4. The third kappa shape index (κ3) is 3.54. The van der Waals surface area contributed by atoms with Gasteiger partial charge in [0.05, 0.1) is 5.52 Å². The van der Waals surface area contributed by atoms with Crippen LogP contribution in [0.1, 0.15) is 5.56 Å². The Hall–Kier alpha value is -3.19. The molecule has 0 saturated heterocycles. The maximum absolute atomic E-state index is 12.5. The van der Waals surface area contributed by atoms with E-state index in [-0.39, 0.29) is 12.5 Å². The van der Waals surface area contributed by atoms with Crippen molar-refractivity contribution in [1.29, 1.82) is 0 Å². The first-order valence-electron chi connectivity index (χ1n) is 8.46. The van der Waals surface area contributed by atoms with Crippen LogP contribution >= 0.6 is 11.6 Å². The summed E-state index contributed by atoms with van der Waals surface area (Å²) in [6.45, 7) is 0.322. The van der Waals surface area contributed by atoms with Gasteiger partial charge >= 0.3 is 5.69 Å². The molecule has 4 rings (SSSR count). The highest BCUT2D eigenvalue weighted by atomic mass is 35.5. The first-order chi connectivity index (χ1) is 13.1. The lowest BCUT2D eigenvalue weighted by molar-refractivity contribution is -0.121. The number of carbonyl (C=O) groups excluding carboxylic acids is 1. The summed E-state index contributed by atoms with van der Waals surface area (Å²) in [6, 6.07) is 14.9. The topological polar surface area (TPSA) is 81.3 Å². The molecule has 4 aromatic rings. The molecule has 0 aliphatic carbocycles. The third-order valence-electron chi connectivity index (χ3n) is 4.27. The molecular formula is C19H16ClN5O2. The fourth-order valence-corrected chi connectivity index (χ4v) is 3.02. The van der Waals surface area contributed by atoms with E-state index in [9.17, 15) is 9.59 Å². The molecule has 2 aromatic carbocycles. The number of aromatic nitrogens is 4. The molecule has 0 spiro atoms. The molecule has 7 nitrogen and oxygen atoms in total. The second-order valence-electron chi connectivity index (χ2n) is 6.12. The standard InChI is InChI=1S/C19H16ClN5O2/c20-14-7-5-13(6-8-14)9-10-21-17(26)11-25-19(27)24-12-22-16-4-2-1-3-15(16)18(24)23-25/h1-8,12H,9-11H2,(H,21,26). The average molecular weight is 382 g/mol. The fourth-order valence-electron chi connectivity index (χ4n) is 2.90. The fraction of sp³-hybridized carbons (Fsp3) is 0.158. The normalized spacial score (nSPS) is 11.1. The van der Waals surface area contributed by atoms with Gasteiger partial charge in [-0.1, -0.05) is 35.9 Å². The van der Waals surface area contributed by atoms with Gasteiger partial charge in [0.15, 0.2) is 5.65 Å². The van der Waals surface area contributed by atoms with Crippen LogP contribution in [0.15, 0.2) is 59.7 Å². The number of halogens is 1. The number of para-hydroxylation sites is 1. The van der Waals surface area contributed by atoms with E-state index in [1.165, 1.54) is 10.7 Å². The number of amides is 1. The van der Waals surface area contributed by atoms with Crippen LogP contribution in [0, 0.1) is 0 Å². The summed E-state index contributed by atoms with van der Waals surface area (Å²) in [6.07, 6.45) is 2.11. The van der Waals surface area contributed by atoms with Crippen LogP contribution in [0.3, 0.4) is 0 Å². The summed E-state index contributed by atoms with van der Waals surface area (Å²) in [4.78, 5) is 28.9. The van der Waals surface area contributed by atoms with Gasteiger partial charge in [-0.05, 0) is 36.2 Å². The number of hydrogen-bond donors (Lipinski definition) is 1. The van der Waals surface area contributed by atoms with Crippen LogP contribution in [0.25, 0.3) is 16.6 Å². The highest BCUT2D eigenvalue weighted by Gasteiger charge is 2.13. The number of carbonyl (C=O) groups is 1. The zero-order valence-corrected chi connectivity index (χ0v) is 15.1. The predicted molar refractivity (Wildman–Crippen MR) is 103 cm³/mol. The summed E-state index contributed by atoms with van der Waals surface area (Å²) >= 11 is 5.86. The van der Waals surface area contributed by atoms with Crippen molar-refractivity contribution in [1.82, 2.24) is 24.5 Å². The lowest BCUT2D eigenvalue weighted by atomic mass is 10.1. The molecule has 0 aliphatic rings. The molecule has 0 saturated carbocycles. The Morgan fingerprint density at radius 2 is 1.89 bits per heavy atom. The van der Waals surface area contributed by atoms with Crippen LogP contribution in [-0.2, 0) is 17.8 Å². The summed E-state index contributed by atoms with van der Waals surface area (Å²) in [5.74, 6) is -0.272. The van der Waals surface area contributed by atoms with Gasteiger partial charge in [0.1, 0.15) is 12.9 Å². The summed E-state index contributed by atoms with van der Waals surface area (Å²) in [5.41, 5.74) is 1.91. The van der Waals surface area contributed by atoms with Crippen LogP contribution < -0.4 is 11.0 Å². The van der Waals surface area contributed by atoms with Gasteiger partial charge < -0.3 is 5.32 Å². The van der Waals surface area contributed by atoms with E-state index in [0.717, 1.165) is 21.1 Å².